The highest BCUT2D eigenvalue weighted by atomic mass is 35.5. The average molecular weight is 464 g/mol. The molecule has 0 spiro atoms. The van der Waals surface area contributed by atoms with E-state index in [9.17, 15) is 22.4 Å². The maximum absolute atomic E-state index is 13.7. The van der Waals surface area contributed by atoms with Crippen LogP contribution >= 0.6 is 11.6 Å². The fourth-order valence-electron chi connectivity index (χ4n) is 3.00. The summed E-state index contributed by atoms with van der Waals surface area (Å²) in [5.41, 5.74) is -0.0368. The molecule has 1 aromatic heterocycles. The first-order valence-electron chi connectivity index (χ1n) is 9.18. The Morgan fingerprint density at radius 1 is 1.19 bits per heavy atom. The van der Waals surface area contributed by atoms with Gasteiger partial charge in [0.05, 0.1) is 17.1 Å². The average Bonchev–Trinajstić information content (AvgIpc) is 2.67. The van der Waals surface area contributed by atoms with Gasteiger partial charge in [0, 0.05) is 22.9 Å². The van der Waals surface area contributed by atoms with Gasteiger partial charge in [-0.25, -0.2) is 12.8 Å². The van der Waals surface area contributed by atoms with Gasteiger partial charge >= 0.3 is 0 Å². The van der Waals surface area contributed by atoms with Crippen LogP contribution in [0, 0.1) is 5.82 Å². The molecule has 0 aliphatic heterocycles. The molecule has 0 saturated heterocycles. The number of amides is 1. The van der Waals surface area contributed by atoms with E-state index < -0.39 is 33.2 Å². The molecule has 1 atom stereocenters. The summed E-state index contributed by atoms with van der Waals surface area (Å²) in [4.78, 5) is 25.8. The molecule has 162 valence electrons. The van der Waals surface area contributed by atoms with Crippen molar-refractivity contribution in [3.8, 4) is 16.9 Å². The van der Waals surface area contributed by atoms with Crippen LogP contribution in [0.25, 0.3) is 16.9 Å². The molecule has 0 unspecified atom stereocenters. The number of benzene rings is 2. The smallest absolute Gasteiger partial charge is 0.284 e. The van der Waals surface area contributed by atoms with E-state index in [1.54, 1.807) is 24.3 Å². The lowest BCUT2D eigenvalue weighted by molar-refractivity contribution is 0.0941. The van der Waals surface area contributed by atoms with Crippen LogP contribution in [-0.2, 0) is 9.84 Å². The summed E-state index contributed by atoms with van der Waals surface area (Å²) in [6.45, 7) is 1.52. The van der Waals surface area contributed by atoms with Gasteiger partial charge in [-0.05, 0) is 43.3 Å². The predicted octanol–water partition coefficient (Wildman–Crippen LogP) is 2.85. The molecule has 0 saturated carbocycles. The number of nitrogens with zero attached hydrogens (tertiary/aromatic N) is 2. The summed E-state index contributed by atoms with van der Waals surface area (Å²) >= 11 is 5.93. The second-order valence-corrected chi connectivity index (χ2v) is 9.74. The molecule has 3 aromatic rings. The van der Waals surface area contributed by atoms with Gasteiger partial charge in [-0.2, -0.15) is 9.78 Å². The van der Waals surface area contributed by atoms with Crippen LogP contribution in [0.4, 0.5) is 4.39 Å². The molecule has 31 heavy (non-hydrogen) atoms. The zero-order valence-corrected chi connectivity index (χ0v) is 18.2. The lowest BCUT2D eigenvalue weighted by Crippen LogP contribution is -2.41. The molecule has 1 heterocycles. The molecule has 1 amide bonds. The van der Waals surface area contributed by atoms with Crippen molar-refractivity contribution in [3.63, 3.8) is 0 Å². The Kier molecular flexibility index (Phi) is 6.56. The third-order valence-electron chi connectivity index (χ3n) is 4.28. The number of halogens is 2. The Labute approximate surface area is 183 Å². The van der Waals surface area contributed by atoms with E-state index in [2.05, 4.69) is 10.4 Å². The lowest BCUT2D eigenvalue weighted by atomic mass is 10.1. The molecule has 0 aliphatic rings. The Morgan fingerprint density at radius 3 is 2.48 bits per heavy atom. The largest absolute Gasteiger partial charge is 0.348 e. The van der Waals surface area contributed by atoms with Crippen LogP contribution < -0.4 is 10.9 Å². The molecule has 0 radical (unpaired) electrons. The van der Waals surface area contributed by atoms with Crippen molar-refractivity contribution in [3.05, 3.63) is 81.4 Å². The molecule has 1 N–H and O–H groups in total. The van der Waals surface area contributed by atoms with Crippen molar-refractivity contribution in [1.82, 2.24) is 15.1 Å². The zero-order chi connectivity index (χ0) is 22.8. The maximum Gasteiger partial charge on any atom is 0.284 e. The number of sulfone groups is 1. The van der Waals surface area contributed by atoms with Gasteiger partial charge in [-0.1, -0.05) is 29.8 Å². The van der Waals surface area contributed by atoms with E-state index in [0.717, 1.165) is 17.0 Å². The maximum atomic E-state index is 13.7. The third kappa shape index (κ3) is 5.77. The second kappa shape index (κ2) is 8.99. The molecule has 0 fully saturated rings. The highest BCUT2D eigenvalue weighted by Gasteiger charge is 2.20. The minimum atomic E-state index is -3.34. The topological polar surface area (TPSA) is 98.1 Å². The Balaban J connectivity index is 2.12. The first-order valence-corrected chi connectivity index (χ1v) is 11.6. The van der Waals surface area contributed by atoms with Crippen LogP contribution in [0.1, 0.15) is 17.3 Å². The van der Waals surface area contributed by atoms with E-state index in [1.807, 2.05) is 0 Å². The highest BCUT2D eigenvalue weighted by Crippen LogP contribution is 2.20. The molecular formula is C21H19ClFN3O4S. The molecule has 2 aromatic carbocycles. The first-order chi connectivity index (χ1) is 14.5. The van der Waals surface area contributed by atoms with Crippen LogP contribution in [0.5, 0.6) is 0 Å². The van der Waals surface area contributed by atoms with Crippen molar-refractivity contribution in [2.45, 2.75) is 13.0 Å². The van der Waals surface area contributed by atoms with E-state index in [0.29, 0.717) is 10.6 Å². The highest BCUT2D eigenvalue weighted by molar-refractivity contribution is 7.90. The van der Waals surface area contributed by atoms with Crippen molar-refractivity contribution in [1.29, 1.82) is 0 Å². The van der Waals surface area contributed by atoms with E-state index in [-0.39, 0.29) is 22.7 Å². The quantitative estimate of drug-likeness (QED) is 0.606. The van der Waals surface area contributed by atoms with Crippen molar-refractivity contribution >= 4 is 27.3 Å². The van der Waals surface area contributed by atoms with Crippen LogP contribution in [0.15, 0.2) is 59.4 Å². The number of hydrogen-bond acceptors (Lipinski definition) is 5. The number of carbonyl (C=O) groups excluding carboxylic acids is 1. The van der Waals surface area contributed by atoms with Gasteiger partial charge in [0.2, 0.25) is 0 Å². The van der Waals surface area contributed by atoms with Crippen molar-refractivity contribution in [2.75, 3.05) is 12.0 Å². The fourth-order valence-corrected chi connectivity index (χ4v) is 4.12. The second-order valence-electron chi connectivity index (χ2n) is 7.11. The molecule has 7 nitrogen and oxygen atoms in total. The fraction of sp³-hybridized carbons (Fsp3) is 0.190. The molecule has 0 bridgehead atoms. The summed E-state index contributed by atoms with van der Waals surface area (Å²) in [5, 5.41) is 7.30. The van der Waals surface area contributed by atoms with Gasteiger partial charge in [-0.3, -0.25) is 9.59 Å². The van der Waals surface area contributed by atoms with Crippen LogP contribution in [0.2, 0.25) is 5.02 Å². The predicted molar refractivity (Wildman–Crippen MR) is 117 cm³/mol. The third-order valence-corrected chi connectivity index (χ3v) is 5.64. The van der Waals surface area contributed by atoms with E-state index in [1.165, 1.54) is 31.2 Å². The first kappa shape index (κ1) is 22.6. The van der Waals surface area contributed by atoms with Gasteiger partial charge in [0.15, 0.2) is 0 Å². The lowest BCUT2D eigenvalue weighted by Gasteiger charge is -2.14. The molecule has 3 rings (SSSR count). The number of carbonyl (C=O) groups is 1. The minimum Gasteiger partial charge on any atom is -0.348 e. The Hall–Kier alpha value is -3.04. The Morgan fingerprint density at radius 2 is 1.87 bits per heavy atom. The SMILES string of the molecule is C[C@@H](CS(C)(=O)=O)NC(=O)c1cc(-c2ccc(Cl)cc2)nn(-c2cccc(F)c2)c1=O. The molecule has 10 heteroatoms. The Bertz CT molecular complexity index is 1290. The van der Waals surface area contributed by atoms with Gasteiger partial charge in [0.1, 0.15) is 21.2 Å². The summed E-state index contributed by atoms with van der Waals surface area (Å²) in [6, 6.07) is 12.4. The summed E-state index contributed by atoms with van der Waals surface area (Å²) < 4.78 is 37.7. The number of hydrogen-bond donors (Lipinski definition) is 1. The zero-order valence-electron chi connectivity index (χ0n) is 16.7. The van der Waals surface area contributed by atoms with E-state index >= 15 is 0 Å². The van der Waals surface area contributed by atoms with E-state index in [4.69, 9.17) is 11.6 Å². The molecular weight excluding hydrogens is 445 g/mol. The minimum absolute atomic E-state index is 0.138. The monoisotopic (exact) mass is 463 g/mol. The van der Waals surface area contributed by atoms with Crippen LogP contribution in [0.3, 0.4) is 0 Å². The summed E-state index contributed by atoms with van der Waals surface area (Å²) in [5.74, 6) is -1.62. The molecule has 0 aliphatic carbocycles. The van der Waals surface area contributed by atoms with Crippen LogP contribution in [-0.4, -0.2) is 42.2 Å². The summed E-state index contributed by atoms with van der Waals surface area (Å²) in [6.07, 6.45) is 1.05. The normalized spacial score (nSPS) is 12.4. The number of nitrogens with one attached hydrogen (secondary N) is 1. The van der Waals surface area contributed by atoms with Gasteiger partial charge in [-0.15, -0.1) is 0 Å². The van der Waals surface area contributed by atoms with Crippen molar-refractivity contribution < 1.29 is 17.6 Å². The van der Waals surface area contributed by atoms with Gasteiger partial charge < -0.3 is 5.32 Å². The summed E-state index contributed by atoms with van der Waals surface area (Å²) in [7, 11) is -3.34. The van der Waals surface area contributed by atoms with Crippen molar-refractivity contribution in [2.24, 2.45) is 0 Å². The number of aromatic nitrogens is 2. The number of rotatable bonds is 6. The standard InChI is InChI=1S/C21H19ClFN3O4S/c1-13(12-31(2,29)30)24-20(27)18-11-19(14-6-8-15(22)9-7-14)25-26(21(18)28)17-5-3-4-16(23)10-17/h3-11,13H,12H2,1-2H3,(H,24,27)/t13-/m0/s1. The van der Waals surface area contributed by atoms with Gasteiger partial charge in [0.25, 0.3) is 11.5 Å².